The Morgan fingerprint density at radius 2 is 1.63 bits per heavy atom. The highest BCUT2D eigenvalue weighted by Gasteiger charge is 2.25. The zero-order valence-corrected chi connectivity index (χ0v) is 15.4. The molecule has 1 fully saturated rings. The molecule has 2 aromatic rings. The molecule has 1 N–H and O–H groups in total. The van der Waals surface area contributed by atoms with Gasteiger partial charge in [-0.1, -0.05) is 11.6 Å². The van der Waals surface area contributed by atoms with Crippen LogP contribution in [0.3, 0.4) is 0 Å². The Morgan fingerprint density at radius 3 is 2.37 bits per heavy atom. The fourth-order valence-corrected chi connectivity index (χ4v) is 3.43. The van der Waals surface area contributed by atoms with Crippen LogP contribution < -0.4 is 14.8 Å². The summed E-state index contributed by atoms with van der Waals surface area (Å²) in [5.74, 6) is 1.09. The van der Waals surface area contributed by atoms with Crippen LogP contribution in [0.2, 0.25) is 5.02 Å². The Balaban J connectivity index is 1.32. The fourth-order valence-electron chi connectivity index (χ4n) is 3.31. The van der Waals surface area contributed by atoms with Gasteiger partial charge in [-0.15, -0.1) is 0 Å². The van der Waals surface area contributed by atoms with Gasteiger partial charge in [0.2, 0.25) is 6.79 Å². The van der Waals surface area contributed by atoms with Gasteiger partial charge < -0.3 is 19.7 Å². The SMILES string of the molecule is O=C(NC1CCN(C(=O)c2ccc(Cl)cc2)CC1)c1ccc2c(c1)OCO2. The molecule has 27 heavy (non-hydrogen) atoms. The van der Waals surface area contributed by atoms with E-state index in [4.69, 9.17) is 21.1 Å². The van der Waals surface area contributed by atoms with Gasteiger partial charge in [0.1, 0.15) is 0 Å². The van der Waals surface area contributed by atoms with E-state index in [1.54, 1.807) is 42.5 Å². The molecule has 2 aliphatic rings. The molecular weight excluding hydrogens is 368 g/mol. The summed E-state index contributed by atoms with van der Waals surface area (Å²) in [7, 11) is 0. The Morgan fingerprint density at radius 1 is 0.963 bits per heavy atom. The van der Waals surface area contributed by atoms with Crippen LogP contribution in [-0.4, -0.2) is 42.6 Å². The van der Waals surface area contributed by atoms with Crippen molar-refractivity contribution in [2.45, 2.75) is 18.9 Å². The molecule has 0 spiro atoms. The maximum atomic E-state index is 12.5. The molecule has 4 rings (SSSR count). The molecule has 2 aromatic carbocycles. The van der Waals surface area contributed by atoms with Crippen LogP contribution in [0.15, 0.2) is 42.5 Å². The molecule has 0 saturated carbocycles. The smallest absolute Gasteiger partial charge is 0.253 e. The third-order valence-electron chi connectivity index (χ3n) is 4.84. The second kappa shape index (κ2) is 7.48. The number of hydrogen-bond acceptors (Lipinski definition) is 4. The van der Waals surface area contributed by atoms with Crippen LogP contribution in [0.5, 0.6) is 11.5 Å². The Kier molecular flexibility index (Phi) is 4.90. The minimum absolute atomic E-state index is 0.00721. The highest BCUT2D eigenvalue weighted by Crippen LogP contribution is 2.32. The number of benzene rings is 2. The van der Waals surface area contributed by atoms with Crippen LogP contribution in [0, 0.1) is 0 Å². The topological polar surface area (TPSA) is 67.9 Å². The number of nitrogens with zero attached hydrogens (tertiary/aromatic N) is 1. The molecule has 0 aromatic heterocycles. The van der Waals surface area contributed by atoms with Gasteiger partial charge in [0.05, 0.1) is 0 Å². The molecule has 2 heterocycles. The van der Waals surface area contributed by atoms with Gasteiger partial charge in [-0.05, 0) is 55.3 Å². The number of hydrogen-bond donors (Lipinski definition) is 1. The number of amides is 2. The predicted octanol–water partition coefficient (Wildman–Crippen LogP) is 3.10. The monoisotopic (exact) mass is 386 g/mol. The van der Waals surface area contributed by atoms with Gasteiger partial charge in [-0.3, -0.25) is 9.59 Å². The van der Waals surface area contributed by atoms with E-state index < -0.39 is 0 Å². The number of carbonyl (C=O) groups is 2. The van der Waals surface area contributed by atoms with Crippen molar-refractivity contribution in [3.8, 4) is 11.5 Å². The number of halogens is 1. The summed E-state index contributed by atoms with van der Waals surface area (Å²) in [6.45, 7) is 1.39. The second-order valence-corrected chi connectivity index (χ2v) is 7.05. The van der Waals surface area contributed by atoms with Gasteiger partial charge in [-0.2, -0.15) is 0 Å². The molecule has 0 aliphatic carbocycles. The van der Waals surface area contributed by atoms with Crippen molar-refractivity contribution in [2.24, 2.45) is 0 Å². The molecule has 0 unspecified atom stereocenters. The van der Waals surface area contributed by atoms with Crippen molar-refractivity contribution in [1.82, 2.24) is 10.2 Å². The molecule has 1 saturated heterocycles. The Labute approximate surface area is 162 Å². The van der Waals surface area contributed by atoms with Crippen molar-refractivity contribution in [3.05, 3.63) is 58.6 Å². The lowest BCUT2D eigenvalue weighted by Crippen LogP contribution is -2.46. The van der Waals surface area contributed by atoms with Crippen LogP contribution >= 0.6 is 11.6 Å². The van der Waals surface area contributed by atoms with Crippen molar-refractivity contribution in [1.29, 1.82) is 0 Å². The average Bonchev–Trinajstić information content (AvgIpc) is 3.16. The van der Waals surface area contributed by atoms with E-state index in [1.807, 2.05) is 4.90 Å². The highest BCUT2D eigenvalue weighted by atomic mass is 35.5. The maximum Gasteiger partial charge on any atom is 0.253 e. The number of rotatable bonds is 3. The van der Waals surface area contributed by atoms with Crippen molar-refractivity contribution < 1.29 is 19.1 Å². The van der Waals surface area contributed by atoms with Crippen LogP contribution in [-0.2, 0) is 0 Å². The summed E-state index contributed by atoms with van der Waals surface area (Å²) < 4.78 is 10.6. The summed E-state index contributed by atoms with van der Waals surface area (Å²) in [5, 5.41) is 3.65. The van der Waals surface area contributed by atoms with Crippen LogP contribution in [0.1, 0.15) is 33.6 Å². The number of nitrogens with one attached hydrogen (secondary N) is 1. The quantitative estimate of drug-likeness (QED) is 0.880. The molecule has 140 valence electrons. The van der Waals surface area contributed by atoms with Gasteiger partial charge >= 0.3 is 0 Å². The maximum absolute atomic E-state index is 12.5. The zero-order valence-electron chi connectivity index (χ0n) is 14.6. The van der Waals surface area contributed by atoms with Gasteiger partial charge in [0.15, 0.2) is 11.5 Å². The molecule has 0 bridgehead atoms. The minimum Gasteiger partial charge on any atom is -0.454 e. The summed E-state index contributed by atoms with van der Waals surface area (Å²) in [5.41, 5.74) is 1.17. The number of piperidine rings is 1. The first-order valence-electron chi connectivity index (χ1n) is 8.85. The summed E-state index contributed by atoms with van der Waals surface area (Å²) >= 11 is 5.87. The fraction of sp³-hybridized carbons (Fsp3) is 0.300. The number of fused-ring (bicyclic) bond motifs is 1. The van der Waals surface area contributed by atoms with Crippen molar-refractivity contribution in [3.63, 3.8) is 0 Å². The molecule has 2 aliphatic heterocycles. The summed E-state index contributed by atoms with van der Waals surface area (Å²) in [6.07, 6.45) is 1.44. The Bertz CT molecular complexity index is 861. The minimum atomic E-state index is -0.143. The van der Waals surface area contributed by atoms with Crippen LogP contribution in [0.25, 0.3) is 0 Å². The standard InChI is InChI=1S/C20H19ClN2O4/c21-15-4-1-13(2-5-15)20(25)23-9-7-16(8-10-23)22-19(24)14-3-6-17-18(11-14)27-12-26-17/h1-6,11,16H,7-10,12H2,(H,22,24). The second-order valence-electron chi connectivity index (χ2n) is 6.61. The molecule has 2 amide bonds. The first kappa shape index (κ1) is 17.7. The third kappa shape index (κ3) is 3.85. The molecule has 0 radical (unpaired) electrons. The van der Waals surface area contributed by atoms with Gasteiger partial charge in [0, 0.05) is 35.3 Å². The van der Waals surface area contributed by atoms with Crippen molar-refractivity contribution in [2.75, 3.05) is 19.9 Å². The Hall–Kier alpha value is -2.73. The summed E-state index contributed by atoms with van der Waals surface area (Å²) in [4.78, 5) is 26.8. The molecule has 0 atom stereocenters. The van der Waals surface area contributed by atoms with Crippen LogP contribution in [0.4, 0.5) is 0 Å². The molecule has 7 heteroatoms. The first-order valence-corrected chi connectivity index (χ1v) is 9.23. The van der Waals surface area contributed by atoms with E-state index in [-0.39, 0.29) is 24.6 Å². The molecule has 6 nitrogen and oxygen atoms in total. The van der Waals surface area contributed by atoms with Gasteiger partial charge in [0.25, 0.3) is 11.8 Å². The average molecular weight is 387 g/mol. The third-order valence-corrected chi connectivity index (χ3v) is 5.10. The van der Waals surface area contributed by atoms with E-state index in [1.165, 1.54) is 0 Å². The number of likely N-dealkylation sites (tertiary alicyclic amines) is 1. The number of ether oxygens (including phenoxy) is 2. The van der Waals surface area contributed by atoms with E-state index in [2.05, 4.69) is 5.32 Å². The molecular formula is C20H19ClN2O4. The van der Waals surface area contributed by atoms with E-state index in [9.17, 15) is 9.59 Å². The predicted molar refractivity (Wildman–Crippen MR) is 100 cm³/mol. The largest absolute Gasteiger partial charge is 0.454 e. The van der Waals surface area contributed by atoms with E-state index >= 15 is 0 Å². The van der Waals surface area contributed by atoms with E-state index in [0.717, 1.165) is 12.8 Å². The lowest BCUT2D eigenvalue weighted by molar-refractivity contribution is 0.0698. The lowest BCUT2D eigenvalue weighted by atomic mass is 10.0. The lowest BCUT2D eigenvalue weighted by Gasteiger charge is -2.32. The van der Waals surface area contributed by atoms with E-state index in [0.29, 0.717) is 40.7 Å². The van der Waals surface area contributed by atoms with Gasteiger partial charge in [-0.25, -0.2) is 0 Å². The van der Waals surface area contributed by atoms with Crippen molar-refractivity contribution >= 4 is 23.4 Å². The highest BCUT2D eigenvalue weighted by molar-refractivity contribution is 6.30. The summed E-state index contributed by atoms with van der Waals surface area (Å²) in [6, 6.07) is 12.1. The normalized spacial score (nSPS) is 16.3. The number of carbonyl (C=O) groups excluding carboxylic acids is 2. The first-order chi connectivity index (χ1) is 13.1. The zero-order chi connectivity index (χ0) is 18.8.